The van der Waals surface area contributed by atoms with Gasteiger partial charge >= 0.3 is 0 Å². The number of nitrogens with zero attached hydrogens (tertiary/aromatic N) is 8. The molecular formula is C31H31ClN8O3. The van der Waals surface area contributed by atoms with E-state index in [1.165, 1.54) is 19.2 Å². The Balaban J connectivity index is 1.39. The Labute approximate surface area is 253 Å². The van der Waals surface area contributed by atoms with Gasteiger partial charge in [0.1, 0.15) is 29.3 Å². The Morgan fingerprint density at radius 1 is 1.23 bits per heavy atom. The van der Waals surface area contributed by atoms with Crippen LogP contribution in [0.2, 0.25) is 5.02 Å². The number of nitriles is 1. The first kappa shape index (κ1) is 28.6. The average Bonchev–Trinajstić information content (AvgIpc) is 3.44. The van der Waals surface area contributed by atoms with E-state index < -0.39 is 5.43 Å². The lowest BCUT2D eigenvalue weighted by Gasteiger charge is -2.43. The average molecular weight is 599 g/mol. The van der Waals surface area contributed by atoms with Gasteiger partial charge in [0.25, 0.3) is 0 Å². The SMILES string of the molecule is CC(=O)c1cn(-c2ccc(N3CC(N(C)C)C3)nc2)c2nc(N3CCC[C@@H]3COc3ncccc3Cl)c(C#N)cc2c1=O. The van der Waals surface area contributed by atoms with Gasteiger partial charge in [-0.05, 0) is 64.2 Å². The lowest BCUT2D eigenvalue weighted by molar-refractivity contribution is 0.101. The van der Waals surface area contributed by atoms with Gasteiger partial charge < -0.3 is 19.4 Å². The van der Waals surface area contributed by atoms with Crippen molar-refractivity contribution in [1.29, 1.82) is 5.26 Å². The summed E-state index contributed by atoms with van der Waals surface area (Å²) >= 11 is 6.24. The number of carbonyl (C=O) groups excluding carboxylic acids is 1. The smallest absolute Gasteiger partial charge is 0.232 e. The van der Waals surface area contributed by atoms with Crippen molar-refractivity contribution in [3.05, 3.63) is 75.3 Å². The number of halogens is 1. The van der Waals surface area contributed by atoms with Gasteiger partial charge in [0.05, 0.1) is 34.4 Å². The van der Waals surface area contributed by atoms with Crippen molar-refractivity contribution in [3.63, 3.8) is 0 Å². The number of pyridine rings is 4. The molecule has 0 radical (unpaired) electrons. The molecule has 2 fully saturated rings. The molecule has 0 amide bonds. The number of likely N-dealkylation sites (N-methyl/N-ethyl adjacent to an activating group) is 1. The molecule has 1 atom stereocenters. The van der Waals surface area contributed by atoms with E-state index in [-0.39, 0.29) is 28.3 Å². The van der Waals surface area contributed by atoms with Crippen LogP contribution < -0.4 is 20.0 Å². The standard InChI is InChI=1S/C31H31ClN8O3/c1-19(41)25-17-40(21-8-9-27(35-14-21)38-15-23(16-38)37(2)3)30-24(28(25)42)12-20(13-33)29(36-30)39-11-5-6-22(39)18-43-31-26(32)7-4-10-34-31/h4,7-10,12,14,17,22-23H,5-6,11,15-16,18H2,1-3H3/t22-/m1/s1. The van der Waals surface area contributed by atoms with E-state index in [9.17, 15) is 14.9 Å². The van der Waals surface area contributed by atoms with Crippen LogP contribution in [0.1, 0.15) is 35.7 Å². The fraction of sp³-hybridized carbons (Fsp3) is 0.355. The zero-order valence-electron chi connectivity index (χ0n) is 24.2. The van der Waals surface area contributed by atoms with Gasteiger partial charge in [0, 0.05) is 38.1 Å². The number of rotatable bonds is 8. The summed E-state index contributed by atoms with van der Waals surface area (Å²) in [6, 6.07) is 11.4. The van der Waals surface area contributed by atoms with Crippen LogP contribution in [0.15, 0.2) is 53.7 Å². The maximum Gasteiger partial charge on any atom is 0.232 e. The number of aromatic nitrogens is 4. The van der Waals surface area contributed by atoms with Crippen molar-refractivity contribution < 1.29 is 9.53 Å². The van der Waals surface area contributed by atoms with Crippen molar-refractivity contribution in [2.75, 3.05) is 50.1 Å². The van der Waals surface area contributed by atoms with Crippen molar-refractivity contribution >= 4 is 40.1 Å². The van der Waals surface area contributed by atoms with Crippen LogP contribution in [0, 0.1) is 11.3 Å². The van der Waals surface area contributed by atoms with E-state index in [1.807, 2.05) is 17.0 Å². The van der Waals surface area contributed by atoms with Gasteiger partial charge in [-0.1, -0.05) is 11.6 Å². The van der Waals surface area contributed by atoms with Gasteiger partial charge in [-0.3, -0.25) is 14.2 Å². The molecule has 0 saturated carbocycles. The van der Waals surface area contributed by atoms with E-state index >= 15 is 0 Å². The van der Waals surface area contributed by atoms with Gasteiger partial charge in [-0.25, -0.2) is 15.0 Å². The normalized spacial score (nSPS) is 16.9. The molecule has 6 rings (SSSR count). The minimum atomic E-state index is -0.458. The number of hydrogen-bond donors (Lipinski definition) is 0. The van der Waals surface area contributed by atoms with Gasteiger partial charge in [-0.15, -0.1) is 0 Å². The molecule has 4 aromatic rings. The first-order valence-corrected chi connectivity index (χ1v) is 14.5. The number of fused-ring (bicyclic) bond motifs is 1. The molecule has 0 bridgehead atoms. The number of anilines is 2. The molecule has 11 nitrogen and oxygen atoms in total. The summed E-state index contributed by atoms with van der Waals surface area (Å²) in [5, 5.41) is 10.7. The molecular weight excluding hydrogens is 568 g/mol. The summed E-state index contributed by atoms with van der Waals surface area (Å²) in [7, 11) is 4.14. The minimum absolute atomic E-state index is 0.0197. The summed E-state index contributed by atoms with van der Waals surface area (Å²) in [4.78, 5) is 46.2. The second-order valence-corrected chi connectivity index (χ2v) is 11.5. The predicted molar refractivity (Wildman–Crippen MR) is 165 cm³/mol. The Bertz CT molecular complexity index is 1790. The molecule has 220 valence electrons. The van der Waals surface area contributed by atoms with Crippen molar-refractivity contribution in [3.8, 4) is 17.6 Å². The molecule has 6 heterocycles. The first-order chi connectivity index (χ1) is 20.7. The minimum Gasteiger partial charge on any atom is -0.474 e. The third-order valence-electron chi connectivity index (χ3n) is 8.17. The van der Waals surface area contributed by atoms with Crippen molar-refractivity contribution in [2.24, 2.45) is 0 Å². The first-order valence-electron chi connectivity index (χ1n) is 14.1. The fourth-order valence-electron chi connectivity index (χ4n) is 5.60. The van der Waals surface area contributed by atoms with E-state index in [4.69, 9.17) is 21.3 Å². The lowest BCUT2D eigenvalue weighted by Crippen LogP contribution is -2.57. The summed E-state index contributed by atoms with van der Waals surface area (Å²) in [5.74, 6) is 1.29. The number of ether oxygens (including phenoxy) is 1. The maximum atomic E-state index is 13.4. The topological polar surface area (TPSA) is 120 Å². The molecule has 43 heavy (non-hydrogen) atoms. The zero-order chi connectivity index (χ0) is 30.2. The molecule has 2 aliphatic heterocycles. The Kier molecular flexibility index (Phi) is 7.73. The summed E-state index contributed by atoms with van der Waals surface area (Å²) in [6.45, 7) is 4.10. The Morgan fingerprint density at radius 3 is 2.72 bits per heavy atom. The quantitative estimate of drug-likeness (QED) is 0.278. The number of carbonyl (C=O) groups is 1. The van der Waals surface area contributed by atoms with Crippen LogP contribution in [0.3, 0.4) is 0 Å². The number of ketones is 1. The third kappa shape index (κ3) is 5.40. The highest BCUT2D eigenvalue weighted by Gasteiger charge is 2.31. The van der Waals surface area contributed by atoms with Gasteiger partial charge in [0.2, 0.25) is 11.3 Å². The van der Waals surface area contributed by atoms with Crippen LogP contribution in [0.5, 0.6) is 5.88 Å². The van der Waals surface area contributed by atoms with Crippen LogP contribution in [-0.2, 0) is 0 Å². The van der Waals surface area contributed by atoms with E-state index in [2.05, 4.69) is 39.9 Å². The second kappa shape index (κ2) is 11.6. The van der Waals surface area contributed by atoms with E-state index in [0.717, 1.165) is 31.7 Å². The lowest BCUT2D eigenvalue weighted by atomic mass is 10.1. The molecule has 0 aliphatic carbocycles. The number of hydrogen-bond acceptors (Lipinski definition) is 10. The maximum absolute atomic E-state index is 13.4. The van der Waals surface area contributed by atoms with Crippen LogP contribution in [0.25, 0.3) is 16.7 Å². The summed E-state index contributed by atoms with van der Waals surface area (Å²) in [6.07, 6.45) is 6.55. The third-order valence-corrected chi connectivity index (χ3v) is 8.46. The van der Waals surface area contributed by atoms with Gasteiger partial charge in [0.15, 0.2) is 11.4 Å². The zero-order valence-corrected chi connectivity index (χ0v) is 25.0. The van der Waals surface area contributed by atoms with Crippen LogP contribution in [-0.4, -0.2) is 82.6 Å². The van der Waals surface area contributed by atoms with Crippen LogP contribution in [0.4, 0.5) is 11.6 Å². The van der Waals surface area contributed by atoms with Crippen LogP contribution >= 0.6 is 11.6 Å². The number of Topliss-reactive ketones (excluding diaryl/α,β-unsaturated/α-hetero) is 1. The molecule has 2 saturated heterocycles. The largest absolute Gasteiger partial charge is 0.474 e. The molecule has 12 heteroatoms. The molecule has 2 aliphatic rings. The highest BCUT2D eigenvalue weighted by Crippen LogP contribution is 2.31. The van der Waals surface area contributed by atoms with E-state index in [0.29, 0.717) is 47.2 Å². The van der Waals surface area contributed by atoms with E-state index in [1.54, 1.807) is 29.1 Å². The second-order valence-electron chi connectivity index (χ2n) is 11.1. The Hall–Kier alpha value is -4.53. The van der Waals surface area contributed by atoms with Crippen molar-refractivity contribution in [2.45, 2.75) is 31.8 Å². The molecule has 0 unspecified atom stereocenters. The van der Waals surface area contributed by atoms with Crippen molar-refractivity contribution in [1.82, 2.24) is 24.4 Å². The molecule has 0 spiro atoms. The fourth-order valence-corrected chi connectivity index (χ4v) is 5.78. The highest BCUT2D eigenvalue weighted by atomic mass is 35.5. The molecule has 0 N–H and O–H groups in total. The summed E-state index contributed by atoms with van der Waals surface area (Å²) < 4.78 is 7.66. The summed E-state index contributed by atoms with van der Waals surface area (Å²) in [5.41, 5.74) is 0.803. The monoisotopic (exact) mass is 598 g/mol. The molecule has 0 aromatic carbocycles. The predicted octanol–water partition coefficient (Wildman–Crippen LogP) is 3.70. The van der Waals surface area contributed by atoms with Gasteiger partial charge in [-0.2, -0.15) is 5.26 Å². The highest BCUT2D eigenvalue weighted by molar-refractivity contribution is 6.31. The molecule has 4 aromatic heterocycles. The Morgan fingerprint density at radius 2 is 2.05 bits per heavy atom.